The minimum absolute atomic E-state index is 0.199. The lowest BCUT2D eigenvalue weighted by atomic mass is 10.1. The molecule has 0 aliphatic heterocycles. The Balaban J connectivity index is 3.24. The van der Waals surface area contributed by atoms with Gasteiger partial charge < -0.3 is 5.32 Å². The van der Waals surface area contributed by atoms with Crippen LogP contribution >= 0.6 is 0 Å². The van der Waals surface area contributed by atoms with Crippen molar-refractivity contribution in [1.82, 2.24) is 5.32 Å². The first-order chi connectivity index (χ1) is 3.56. The molecule has 0 atom stereocenters. The molecular formula is C7H14N. The van der Waals surface area contributed by atoms with Gasteiger partial charge in [0.15, 0.2) is 0 Å². The molecule has 0 spiro atoms. The van der Waals surface area contributed by atoms with Gasteiger partial charge in [0.1, 0.15) is 0 Å². The van der Waals surface area contributed by atoms with E-state index in [0.717, 1.165) is 6.54 Å². The van der Waals surface area contributed by atoms with Gasteiger partial charge in [0.25, 0.3) is 0 Å². The average molecular weight is 112 g/mol. The Bertz CT molecular complexity index is 68.9. The van der Waals surface area contributed by atoms with E-state index in [-0.39, 0.29) is 5.54 Å². The molecule has 1 N–H and O–H groups in total. The summed E-state index contributed by atoms with van der Waals surface area (Å²) in [6.07, 6.45) is 2.76. The van der Waals surface area contributed by atoms with Crippen molar-refractivity contribution in [3.8, 4) is 0 Å². The van der Waals surface area contributed by atoms with Gasteiger partial charge in [-0.3, -0.25) is 0 Å². The average Bonchev–Trinajstić information content (AvgIpc) is 1.59. The van der Waals surface area contributed by atoms with Crippen molar-refractivity contribution < 1.29 is 0 Å². The van der Waals surface area contributed by atoms with Crippen LogP contribution in [-0.4, -0.2) is 12.1 Å². The summed E-state index contributed by atoms with van der Waals surface area (Å²) in [5.74, 6) is 0. The fourth-order valence-corrected chi connectivity index (χ4v) is 0.328. The summed E-state index contributed by atoms with van der Waals surface area (Å²) in [4.78, 5) is 0. The van der Waals surface area contributed by atoms with Gasteiger partial charge in [-0.2, -0.15) is 0 Å². The van der Waals surface area contributed by atoms with Crippen molar-refractivity contribution in [1.29, 1.82) is 0 Å². The maximum absolute atomic E-state index is 3.48. The van der Waals surface area contributed by atoms with E-state index in [1.807, 2.05) is 0 Å². The molecule has 0 aromatic heterocycles. The van der Waals surface area contributed by atoms with E-state index in [4.69, 9.17) is 0 Å². The topological polar surface area (TPSA) is 12.0 Å². The van der Waals surface area contributed by atoms with Crippen LogP contribution in [-0.2, 0) is 0 Å². The molecule has 0 aliphatic rings. The number of rotatable bonds is 2. The van der Waals surface area contributed by atoms with E-state index >= 15 is 0 Å². The van der Waals surface area contributed by atoms with E-state index in [2.05, 4.69) is 38.7 Å². The van der Waals surface area contributed by atoms with Gasteiger partial charge in [-0.1, -0.05) is 6.58 Å². The first-order valence-electron chi connectivity index (χ1n) is 2.81. The molecule has 1 radical (unpaired) electrons. The first kappa shape index (κ1) is 7.70. The Morgan fingerprint density at radius 3 is 2.12 bits per heavy atom. The van der Waals surface area contributed by atoms with Crippen molar-refractivity contribution in [2.24, 2.45) is 0 Å². The second-order valence-corrected chi connectivity index (χ2v) is 2.85. The minimum atomic E-state index is 0.199. The summed E-state index contributed by atoms with van der Waals surface area (Å²) in [6, 6.07) is 0. The standard InChI is InChI=1S/C7H14N/c1-5-6-8-7(2,3)4/h8H,1,6H2,2-4H3. The lowest BCUT2D eigenvalue weighted by Gasteiger charge is -2.18. The Labute approximate surface area is 51.8 Å². The van der Waals surface area contributed by atoms with Gasteiger partial charge in [-0.15, -0.1) is 0 Å². The van der Waals surface area contributed by atoms with Crippen molar-refractivity contribution in [2.75, 3.05) is 6.54 Å². The summed E-state index contributed by atoms with van der Waals surface area (Å²) in [6.45, 7) is 10.6. The molecule has 0 aromatic carbocycles. The third-order valence-electron chi connectivity index (χ3n) is 0.744. The molecule has 0 aliphatic carbocycles. The molecule has 0 heterocycles. The van der Waals surface area contributed by atoms with E-state index in [1.165, 1.54) is 0 Å². The normalized spacial score (nSPS) is 11.4. The van der Waals surface area contributed by atoms with Crippen molar-refractivity contribution in [2.45, 2.75) is 26.3 Å². The van der Waals surface area contributed by atoms with Crippen molar-refractivity contribution >= 4 is 0 Å². The molecule has 0 saturated heterocycles. The number of hydrogen-bond acceptors (Lipinski definition) is 1. The Hall–Kier alpha value is -0.300. The zero-order valence-electron chi connectivity index (χ0n) is 5.91. The zero-order chi connectivity index (χ0) is 6.62. The van der Waals surface area contributed by atoms with Crippen LogP contribution in [0.3, 0.4) is 0 Å². The molecule has 0 rings (SSSR count). The highest BCUT2D eigenvalue weighted by Crippen LogP contribution is 1.96. The molecule has 8 heavy (non-hydrogen) atoms. The summed E-state index contributed by atoms with van der Waals surface area (Å²) >= 11 is 0. The predicted molar refractivity (Wildman–Crippen MR) is 36.6 cm³/mol. The molecule has 0 unspecified atom stereocenters. The SMILES string of the molecule is C=[C]CNC(C)(C)C. The van der Waals surface area contributed by atoms with Gasteiger partial charge in [-0.25, -0.2) is 0 Å². The Morgan fingerprint density at radius 2 is 2.00 bits per heavy atom. The second-order valence-electron chi connectivity index (χ2n) is 2.85. The Kier molecular flexibility index (Phi) is 2.77. The third kappa shape index (κ3) is 5.70. The van der Waals surface area contributed by atoms with Gasteiger partial charge in [0.05, 0.1) is 0 Å². The van der Waals surface area contributed by atoms with Crippen LogP contribution in [0.4, 0.5) is 0 Å². The van der Waals surface area contributed by atoms with Crippen LogP contribution < -0.4 is 5.32 Å². The van der Waals surface area contributed by atoms with Gasteiger partial charge in [0, 0.05) is 12.1 Å². The maximum Gasteiger partial charge on any atom is 0.0207 e. The van der Waals surface area contributed by atoms with Gasteiger partial charge in [0.2, 0.25) is 0 Å². The van der Waals surface area contributed by atoms with Crippen LogP contribution in [0.5, 0.6) is 0 Å². The van der Waals surface area contributed by atoms with E-state index in [1.54, 1.807) is 0 Å². The van der Waals surface area contributed by atoms with Crippen LogP contribution in [0.2, 0.25) is 0 Å². The highest BCUT2D eigenvalue weighted by atomic mass is 14.9. The highest BCUT2D eigenvalue weighted by molar-refractivity contribution is 4.72. The quantitative estimate of drug-likeness (QED) is 0.568. The summed E-state index contributed by atoms with van der Waals surface area (Å²) in [7, 11) is 0. The molecular weight excluding hydrogens is 98.1 g/mol. The fourth-order valence-electron chi connectivity index (χ4n) is 0.328. The van der Waals surface area contributed by atoms with Gasteiger partial charge >= 0.3 is 0 Å². The molecule has 0 fully saturated rings. The van der Waals surface area contributed by atoms with Crippen LogP contribution in [0.1, 0.15) is 20.8 Å². The summed E-state index contributed by atoms with van der Waals surface area (Å²) in [5.41, 5.74) is 0.199. The van der Waals surface area contributed by atoms with Crippen molar-refractivity contribution in [3.63, 3.8) is 0 Å². The summed E-state index contributed by atoms with van der Waals surface area (Å²) in [5, 5.41) is 3.20. The third-order valence-corrected chi connectivity index (χ3v) is 0.744. The Morgan fingerprint density at radius 1 is 1.50 bits per heavy atom. The molecule has 0 amide bonds. The number of nitrogens with one attached hydrogen (secondary N) is 1. The van der Waals surface area contributed by atoms with Gasteiger partial charge in [-0.05, 0) is 26.8 Å². The van der Waals surface area contributed by atoms with E-state index in [9.17, 15) is 0 Å². The molecule has 0 saturated carbocycles. The molecule has 1 nitrogen and oxygen atoms in total. The molecule has 0 aromatic rings. The smallest absolute Gasteiger partial charge is 0.0207 e. The highest BCUT2D eigenvalue weighted by Gasteiger charge is 2.05. The second kappa shape index (κ2) is 2.88. The monoisotopic (exact) mass is 112 g/mol. The maximum atomic E-state index is 3.48. The van der Waals surface area contributed by atoms with E-state index < -0.39 is 0 Å². The fraction of sp³-hybridized carbons (Fsp3) is 0.714. The largest absolute Gasteiger partial charge is 0.308 e. The van der Waals surface area contributed by atoms with Crippen molar-refractivity contribution in [3.05, 3.63) is 12.7 Å². The molecule has 0 bridgehead atoms. The molecule has 47 valence electrons. The zero-order valence-corrected chi connectivity index (χ0v) is 5.91. The van der Waals surface area contributed by atoms with Crippen LogP contribution in [0, 0.1) is 6.08 Å². The first-order valence-corrected chi connectivity index (χ1v) is 2.81. The summed E-state index contributed by atoms with van der Waals surface area (Å²) < 4.78 is 0. The predicted octanol–water partition coefficient (Wildman–Crippen LogP) is 1.36. The van der Waals surface area contributed by atoms with Crippen LogP contribution in [0.25, 0.3) is 0 Å². The lowest BCUT2D eigenvalue weighted by Crippen LogP contribution is -2.35. The number of hydrogen-bond donors (Lipinski definition) is 1. The van der Waals surface area contributed by atoms with E-state index in [0.29, 0.717) is 0 Å². The minimum Gasteiger partial charge on any atom is -0.308 e. The lowest BCUT2D eigenvalue weighted by molar-refractivity contribution is 0.447. The molecule has 1 heteroatoms. The van der Waals surface area contributed by atoms with Crippen LogP contribution in [0.15, 0.2) is 6.58 Å².